The summed E-state index contributed by atoms with van der Waals surface area (Å²) in [6, 6.07) is 13.7. The van der Waals surface area contributed by atoms with Crippen LogP contribution in [0, 0.1) is 5.92 Å². The number of aromatic nitrogens is 1. The van der Waals surface area contributed by atoms with Crippen molar-refractivity contribution in [1.29, 1.82) is 0 Å². The number of nitrogens with zero attached hydrogens (tertiary/aromatic N) is 2. The number of fused-ring (bicyclic) bond motifs is 1. The van der Waals surface area contributed by atoms with Crippen LogP contribution in [-0.4, -0.2) is 30.2 Å². The van der Waals surface area contributed by atoms with Crippen LogP contribution in [0.1, 0.15) is 44.9 Å². The summed E-state index contributed by atoms with van der Waals surface area (Å²) in [5, 5.41) is 0. The summed E-state index contributed by atoms with van der Waals surface area (Å²) >= 11 is 1.25. The first-order valence-corrected chi connectivity index (χ1v) is 12.6. The van der Waals surface area contributed by atoms with Crippen molar-refractivity contribution >= 4 is 29.4 Å². The highest BCUT2D eigenvalue weighted by atomic mass is 32.1. The van der Waals surface area contributed by atoms with Crippen LogP contribution in [0.5, 0.6) is 11.5 Å². The second-order valence-corrected chi connectivity index (χ2v) is 10.00. The molecule has 0 saturated carbocycles. The van der Waals surface area contributed by atoms with Gasteiger partial charge in [-0.15, -0.1) is 0 Å². The fraction of sp³-hybridized carbons (Fsp3) is 0.286. The number of esters is 2. The number of carbonyl (C=O) groups excluding carboxylic acids is 2. The lowest BCUT2D eigenvalue weighted by atomic mass is 9.95. The zero-order chi connectivity index (χ0) is 26.7. The fourth-order valence-corrected chi connectivity index (χ4v) is 5.06. The van der Waals surface area contributed by atoms with Gasteiger partial charge in [-0.05, 0) is 42.2 Å². The molecule has 1 atom stereocenters. The van der Waals surface area contributed by atoms with Crippen molar-refractivity contribution < 1.29 is 23.8 Å². The Kier molecular flexibility index (Phi) is 7.73. The molecule has 2 heterocycles. The molecule has 3 aromatic rings. The zero-order valence-electron chi connectivity index (χ0n) is 21.3. The average molecular weight is 521 g/mol. The lowest BCUT2D eigenvalue weighted by Crippen LogP contribution is -2.40. The van der Waals surface area contributed by atoms with Crippen molar-refractivity contribution in [2.75, 3.05) is 13.7 Å². The smallest absolute Gasteiger partial charge is 0.338 e. The Hall–Kier alpha value is -3.98. The van der Waals surface area contributed by atoms with Gasteiger partial charge in [-0.3, -0.25) is 14.2 Å². The maximum Gasteiger partial charge on any atom is 0.338 e. The number of hydrogen-bond acceptors (Lipinski definition) is 8. The van der Waals surface area contributed by atoms with Gasteiger partial charge < -0.3 is 14.2 Å². The summed E-state index contributed by atoms with van der Waals surface area (Å²) in [6.07, 6.45) is 1.81. The number of hydrogen-bond donors (Lipinski definition) is 0. The highest BCUT2D eigenvalue weighted by molar-refractivity contribution is 7.07. The molecular weight excluding hydrogens is 492 g/mol. The molecule has 2 aromatic carbocycles. The summed E-state index contributed by atoms with van der Waals surface area (Å²) in [7, 11) is 1.45. The second-order valence-electron chi connectivity index (χ2n) is 8.99. The lowest BCUT2D eigenvalue weighted by molar-refractivity contribution is -0.140. The van der Waals surface area contributed by atoms with E-state index in [0.29, 0.717) is 26.3 Å². The maximum absolute atomic E-state index is 13.7. The van der Waals surface area contributed by atoms with Gasteiger partial charge in [-0.25, -0.2) is 9.79 Å². The summed E-state index contributed by atoms with van der Waals surface area (Å²) in [5.74, 6) is -0.365. The van der Waals surface area contributed by atoms with E-state index < -0.39 is 18.0 Å². The minimum Gasteiger partial charge on any atom is -0.493 e. The predicted octanol–water partition coefficient (Wildman–Crippen LogP) is 3.37. The second kappa shape index (κ2) is 11.0. The number of benzene rings is 2. The normalized spacial score (nSPS) is 15.3. The summed E-state index contributed by atoms with van der Waals surface area (Å²) in [5.41, 5.74) is 1.92. The number of methoxy groups -OCH3 is 1. The SMILES string of the molecule is COc1cc(C2C(C(=O)OCC(C)C)=C(C)N=c3s/c(=C/c4ccccc4)c(=O)n32)ccc1OC(C)=O. The van der Waals surface area contributed by atoms with Crippen molar-refractivity contribution in [2.45, 2.75) is 33.7 Å². The largest absolute Gasteiger partial charge is 0.493 e. The van der Waals surface area contributed by atoms with Crippen LogP contribution in [0.25, 0.3) is 6.08 Å². The standard InChI is InChI=1S/C28H28N2O6S/c1-16(2)15-35-27(33)24-17(3)29-28-30(26(32)23(37-28)13-19-9-7-6-8-10-19)25(24)20-11-12-21(36-18(4)31)22(14-20)34-5/h6-14,16,25H,15H2,1-5H3/b23-13+. The minimum atomic E-state index is -0.811. The van der Waals surface area contributed by atoms with E-state index in [9.17, 15) is 14.4 Å². The quantitative estimate of drug-likeness (QED) is 0.350. The molecule has 0 amide bonds. The molecular formula is C28H28N2O6S. The third kappa shape index (κ3) is 5.56. The molecule has 1 unspecified atom stereocenters. The van der Waals surface area contributed by atoms with Crippen LogP contribution in [0.15, 0.2) is 69.6 Å². The van der Waals surface area contributed by atoms with Gasteiger partial charge in [0.15, 0.2) is 16.3 Å². The summed E-state index contributed by atoms with van der Waals surface area (Å²) in [6.45, 7) is 7.16. The highest BCUT2D eigenvalue weighted by Gasteiger charge is 2.34. The number of allylic oxidation sites excluding steroid dienone is 1. The Balaban J connectivity index is 1.92. The van der Waals surface area contributed by atoms with E-state index >= 15 is 0 Å². The van der Waals surface area contributed by atoms with Crippen molar-refractivity contribution in [3.63, 3.8) is 0 Å². The molecule has 0 radical (unpaired) electrons. The van der Waals surface area contributed by atoms with Crippen molar-refractivity contribution in [2.24, 2.45) is 10.9 Å². The molecule has 0 bridgehead atoms. The van der Waals surface area contributed by atoms with Crippen LogP contribution >= 0.6 is 11.3 Å². The number of carbonyl (C=O) groups is 2. The van der Waals surface area contributed by atoms with E-state index in [4.69, 9.17) is 14.2 Å². The van der Waals surface area contributed by atoms with Gasteiger partial charge in [0.05, 0.1) is 35.6 Å². The Morgan fingerprint density at radius 3 is 2.51 bits per heavy atom. The molecule has 0 fully saturated rings. The fourth-order valence-electron chi connectivity index (χ4n) is 4.01. The Morgan fingerprint density at radius 1 is 1.14 bits per heavy atom. The van der Waals surface area contributed by atoms with Crippen molar-refractivity contribution in [3.8, 4) is 11.5 Å². The first-order valence-electron chi connectivity index (χ1n) is 11.8. The molecule has 0 aliphatic carbocycles. The highest BCUT2D eigenvalue weighted by Crippen LogP contribution is 2.36. The molecule has 1 aliphatic rings. The monoisotopic (exact) mass is 520 g/mol. The third-order valence-corrected chi connectivity index (χ3v) is 6.63. The first-order chi connectivity index (χ1) is 17.7. The molecule has 1 aromatic heterocycles. The number of ether oxygens (including phenoxy) is 3. The van der Waals surface area contributed by atoms with E-state index in [1.807, 2.05) is 44.2 Å². The van der Waals surface area contributed by atoms with Gasteiger partial charge in [-0.1, -0.05) is 61.6 Å². The first kappa shape index (κ1) is 26.1. The van der Waals surface area contributed by atoms with Gasteiger partial charge >= 0.3 is 11.9 Å². The molecule has 0 N–H and O–H groups in total. The van der Waals surface area contributed by atoms with E-state index in [0.717, 1.165) is 5.56 Å². The van der Waals surface area contributed by atoms with E-state index in [1.54, 1.807) is 31.2 Å². The maximum atomic E-state index is 13.7. The van der Waals surface area contributed by atoms with Gasteiger partial charge in [0.25, 0.3) is 5.56 Å². The summed E-state index contributed by atoms with van der Waals surface area (Å²) < 4.78 is 18.3. The van der Waals surface area contributed by atoms with E-state index in [-0.39, 0.29) is 29.4 Å². The van der Waals surface area contributed by atoms with E-state index in [2.05, 4.69) is 4.99 Å². The van der Waals surface area contributed by atoms with Gasteiger partial charge in [0.2, 0.25) is 0 Å². The molecule has 1 aliphatic heterocycles. The predicted molar refractivity (Wildman–Crippen MR) is 140 cm³/mol. The van der Waals surface area contributed by atoms with Crippen molar-refractivity contribution in [1.82, 2.24) is 4.57 Å². The number of rotatable bonds is 7. The van der Waals surface area contributed by atoms with Gasteiger partial charge in [0.1, 0.15) is 0 Å². The van der Waals surface area contributed by atoms with Crippen LogP contribution in [0.4, 0.5) is 0 Å². The Labute approximate surface area is 218 Å². The molecule has 4 rings (SSSR count). The van der Waals surface area contributed by atoms with Gasteiger partial charge in [0, 0.05) is 6.92 Å². The van der Waals surface area contributed by atoms with Gasteiger partial charge in [-0.2, -0.15) is 0 Å². The number of thiazole rings is 1. The topological polar surface area (TPSA) is 96.2 Å². The van der Waals surface area contributed by atoms with E-state index in [1.165, 1.54) is 29.9 Å². The lowest BCUT2D eigenvalue weighted by Gasteiger charge is -2.25. The zero-order valence-corrected chi connectivity index (χ0v) is 22.1. The third-order valence-electron chi connectivity index (χ3n) is 5.64. The van der Waals surface area contributed by atoms with Crippen LogP contribution in [-0.2, 0) is 14.3 Å². The molecule has 192 valence electrons. The Morgan fingerprint density at radius 2 is 1.86 bits per heavy atom. The molecule has 9 heteroatoms. The molecule has 37 heavy (non-hydrogen) atoms. The Bertz CT molecular complexity index is 1550. The minimum absolute atomic E-state index is 0.137. The molecule has 0 saturated heterocycles. The van der Waals surface area contributed by atoms with Crippen LogP contribution in [0.3, 0.4) is 0 Å². The van der Waals surface area contributed by atoms with Crippen molar-refractivity contribution in [3.05, 3.63) is 90.6 Å². The summed E-state index contributed by atoms with van der Waals surface area (Å²) in [4.78, 5) is 43.7. The van der Waals surface area contributed by atoms with Crippen LogP contribution in [0.2, 0.25) is 0 Å². The molecule has 0 spiro atoms. The van der Waals surface area contributed by atoms with Crippen LogP contribution < -0.4 is 24.4 Å². The average Bonchev–Trinajstić information content (AvgIpc) is 3.16. The molecule has 8 nitrogen and oxygen atoms in total.